The predicted molar refractivity (Wildman–Crippen MR) is 86.2 cm³/mol. The standard InChI is InChI=1S/C18H19FN2O3/c1-18(2)5-3-11-7-15(14(19)8-13(11)18)23-10-12-9-21-6-4-16(22)20-17(21)24-12/h4,6-8,12H,3,5,9-10H2,1-2H3/t12-/m0/s1. The smallest absolute Gasteiger partial charge is 0.300 e. The highest BCUT2D eigenvalue weighted by Gasteiger charge is 2.31. The van der Waals surface area contributed by atoms with Crippen molar-refractivity contribution in [3.05, 3.63) is 51.7 Å². The van der Waals surface area contributed by atoms with Crippen LogP contribution in [0.25, 0.3) is 0 Å². The first-order valence-electron chi connectivity index (χ1n) is 8.12. The number of ether oxygens (including phenoxy) is 2. The second-order valence-electron chi connectivity index (χ2n) is 7.08. The van der Waals surface area contributed by atoms with Gasteiger partial charge in [-0.3, -0.25) is 9.36 Å². The Kier molecular flexibility index (Phi) is 3.37. The van der Waals surface area contributed by atoms with Gasteiger partial charge in [0.25, 0.3) is 11.6 Å². The third-order valence-corrected chi connectivity index (χ3v) is 4.85. The second-order valence-corrected chi connectivity index (χ2v) is 7.08. The molecular formula is C18H19FN2O3. The monoisotopic (exact) mass is 330 g/mol. The van der Waals surface area contributed by atoms with Gasteiger partial charge in [-0.1, -0.05) is 13.8 Å². The van der Waals surface area contributed by atoms with Crippen LogP contribution in [0.1, 0.15) is 31.4 Å². The number of aryl methyl sites for hydroxylation is 1. The van der Waals surface area contributed by atoms with E-state index in [1.165, 1.54) is 6.07 Å². The summed E-state index contributed by atoms with van der Waals surface area (Å²) in [6, 6.07) is 5.08. The minimum Gasteiger partial charge on any atom is -0.487 e. The van der Waals surface area contributed by atoms with Crippen LogP contribution in [0.5, 0.6) is 11.8 Å². The summed E-state index contributed by atoms with van der Waals surface area (Å²) in [5, 5.41) is 0. The average Bonchev–Trinajstić information content (AvgIpc) is 3.06. The van der Waals surface area contributed by atoms with Crippen molar-refractivity contribution in [1.29, 1.82) is 0 Å². The SMILES string of the molecule is CC1(C)CCc2cc(OC[C@@H]3Cn4ccc(=O)nc4O3)c(F)cc21. The van der Waals surface area contributed by atoms with Crippen molar-refractivity contribution in [2.45, 2.75) is 44.8 Å². The first-order valence-corrected chi connectivity index (χ1v) is 8.12. The lowest BCUT2D eigenvalue weighted by molar-refractivity contribution is 0.140. The molecule has 0 spiro atoms. The molecule has 0 saturated carbocycles. The van der Waals surface area contributed by atoms with E-state index in [1.807, 2.05) is 6.07 Å². The van der Waals surface area contributed by atoms with Gasteiger partial charge in [-0.25, -0.2) is 4.39 Å². The molecule has 0 fully saturated rings. The number of aromatic nitrogens is 2. The van der Waals surface area contributed by atoms with Crippen molar-refractivity contribution in [3.8, 4) is 11.8 Å². The number of nitrogens with zero attached hydrogens (tertiary/aromatic N) is 2. The van der Waals surface area contributed by atoms with E-state index in [2.05, 4.69) is 18.8 Å². The lowest BCUT2D eigenvalue weighted by atomic mass is 9.86. The van der Waals surface area contributed by atoms with E-state index < -0.39 is 0 Å². The quantitative estimate of drug-likeness (QED) is 0.867. The van der Waals surface area contributed by atoms with E-state index in [9.17, 15) is 9.18 Å². The Bertz CT molecular complexity index is 860. The van der Waals surface area contributed by atoms with E-state index in [0.29, 0.717) is 6.54 Å². The number of hydrogen-bond donors (Lipinski definition) is 0. The predicted octanol–water partition coefficient (Wildman–Crippen LogP) is 2.45. The Morgan fingerprint density at radius 2 is 2.29 bits per heavy atom. The van der Waals surface area contributed by atoms with Gasteiger partial charge in [0.2, 0.25) is 0 Å². The highest BCUT2D eigenvalue weighted by atomic mass is 19.1. The molecule has 5 nitrogen and oxygen atoms in total. The Labute approximate surface area is 139 Å². The first kappa shape index (κ1) is 15.2. The molecule has 4 rings (SSSR count). The summed E-state index contributed by atoms with van der Waals surface area (Å²) in [6.45, 7) is 5.01. The van der Waals surface area contributed by atoms with E-state index in [-0.39, 0.29) is 41.3 Å². The van der Waals surface area contributed by atoms with E-state index >= 15 is 0 Å². The van der Waals surface area contributed by atoms with Crippen LogP contribution in [0.4, 0.5) is 4.39 Å². The zero-order valence-corrected chi connectivity index (χ0v) is 13.7. The molecule has 6 heteroatoms. The maximum atomic E-state index is 14.4. The molecule has 2 aromatic rings. The summed E-state index contributed by atoms with van der Waals surface area (Å²) in [4.78, 5) is 15.0. The fraction of sp³-hybridized carbons (Fsp3) is 0.444. The Balaban J connectivity index is 1.47. The van der Waals surface area contributed by atoms with Crippen molar-refractivity contribution < 1.29 is 13.9 Å². The van der Waals surface area contributed by atoms with Crippen molar-refractivity contribution in [2.24, 2.45) is 0 Å². The maximum Gasteiger partial charge on any atom is 0.300 e. The molecule has 2 heterocycles. The molecule has 126 valence electrons. The zero-order valence-electron chi connectivity index (χ0n) is 13.7. The number of halogens is 1. The highest BCUT2D eigenvalue weighted by molar-refractivity contribution is 5.44. The summed E-state index contributed by atoms with van der Waals surface area (Å²) in [5.74, 6) is -0.0830. The van der Waals surface area contributed by atoms with Gasteiger partial charge in [-0.2, -0.15) is 4.98 Å². The third kappa shape index (κ3) is 2.56. The van der Waals surface area contributed by atoms with Gasteiger partial charge in [-0.05, 0) is 41.5 Å². The number of hydrogen-bond acceptors (Lipinski definition) is 4. The molecule has 1 aromatic heterocycles. The summed E-state index contributed by atoms with van der Waals surface area (Å²) < 4.78 is 27.3. The summed E-state index contributed by atoms with van der Waals surface area (Å²) in [5.41, 5.74) is 1.90. The van der Waals surface area contributed by atoms with Crippen LogP contribution in [-0.2, 0) is 18.4 Å². The van der Waals surface area contributed by atoms with Crippen LogP contribution in [0, 0.1) is 5.82 Å². The topological polar surface area (TPSA) is 53.4 Å². The fourth-order valence-electron chi connectivity index (χ4n) is 3.45. The van der Waals surface area contributed by atoms with Gasteiger partial charge in [0.05, 0.1) is 6.54 Å². The van der Waals surface area contributed by atoms with Crippen molar-refractivity contribution in [2.75, 3.05) is 6.61 Å². The van der Waals surface area contributed by atoms with Crippen LogP contribution >= 0.6 is 0 Å². The molecular weight excluding hydrogens is 311 g/mol. The Hall–Kier alpha value is -2.37. The average molecular weight is 330 g/mol. The van der Waals surface area contributed by atoms with Crippen LogP contribution in [-0.4, -0.2) is 22.3 Å². The van der Waals surface area contributed by atoms with Crippen LogP contribution in [0.15, 0.2) is 29.2 Å². The number of rotatable bonds is 3. The molecule has 1 aliphatic carbocycles. The first-order chi connectivity index (χ1) is 11.4. The van der Waals surface area contributed by atoms with E-state index in [0.717, 1.165) is 24.0 Å². The lowest BCUT2D eigenvalue weighted by Gasteiger charge is -2.19. The van der Waals surface area contributed by atoms with Gasteiger partial charge in [0, 0.05) is 12.3 Å². The molecule has 1 aromatic carbocycles. The van der Waals surface area contributed by atoms with Gasteiger partial charge in [-0.15, -0.1) is 0 Å². The molecule has 0 bridgehead atoms. The highest BCUT2D eigenvalue weighted by Crippen LogP contribution is 2.40. The lowest BCUT2D eigenvalue weighted by Crippen LogP contribution is -2.23. The minimum absolute atomic E-state index is 0.0171. The third-order valence-electron chi connectivity index (χ3n) is 4.85. The molecule has 2 aliphatic rings. The number of fused-ring (bicyclic) bond motifs is 2. The van der Waals surface area contributed by atoms with Gasteiger partial charge in [0.1, 0.15) is 6.61 Å². The summed E-state index contributed by atoms with van der Waals surface area (Å²) >= 11 is 0. The maximum absolute atomic E-state index is 14.4. The number of benzene rings is 1. The molecule has 0 saturated heterocycles. The second kappa shape index (κ2) is 5.33. The van der Waals surface area contributed by atoms with Crippen LogP contribution < -0.4 is 15.0 Å². The van der Waals surface area contributed by atoms with E-state index in [4.69, 9.17) is 9.47 Å². The normalized spacial score (nSPS) is 20.4. The summed E-state index contributed by atoms with van der Waals surface area (Å²) in [6.07, 6.45) is 3.31. The van der Waals surface area contributed by atoms with Gasteiger partial charge in [0.15, 0.2) is 17.7 Å². The molecule has 0 radical (unpaired) electrons. The molecule has 1 atom stereocenters. The molecule has 1 aliphatic heterocycles. The van der Waals surface area contributed by atoms with Gasteiger partial charge < -0.3 is 9.47 Å². The molecule has 24 heavy (non-hydrogen) atoms. The minimum atomic E-state index is -0.341. The largest absolute Gasteiger partial charge is 0.487 e. The van der Waals surface area contributed by atoms with Crippen molar-refractivity contribution in [1.82, 2.24) is 9.55 Å². The molecule has 0 unspecified atom stereocenters. The van der Waals surface area contributed by atoms with Crippen LogP contribution in [0.2, 0.25) is 0 Å². The fourth-order valence-corrected chi connectivity index (χ4v) is 3.45. The molecule has 0 amide bonds. The summed E-state index contributed by atoms with van der Waals surface area (Å²) in [7, 11) is 0. The Morgan fingerprint density at radius 3 is 3.12 bits per heavy atom. The van der Waals surface area contributed by atoms with Crippen LogP contribution in [0.3, 0.4) is 0 Å². The molecule has 0 N–H and O–H groups in total. The van der Waals surface area contributed by atoms with E-state index in [1.54, 1.807) is 16.8 Å². The van der Waals surface area contributed by atoms with Crippen molar-refractivity contribution >= 4 is 0 Å². The Morgan fingerprint density at radius 1 is 1.46 bits per heavy atom. The van der Waals surface area contributed by atoms with Gasteiger partial charge >= 0.3 is 0 Å². The zero-order chi connectivity index (χ0) is 16.9. The van der Waals surface area contributed by atoms with Crippen molar-refractivity contribution in [3.63, 3.8) is 0 Å².